The number of rotatable bonds is 7. The summed E-state index contributed by atoms with van der Waals surface area (Å²) in [5.74, 6) is -0.254. The molecule has 1 unspecified atom stereocenters. The van der Waals surface area contributed by atoms with E-state index >= 15 is 0 Å². The summed E-state index contributed by atoms with van der Waals surface area (Å²) in [4.78, 5) is 24.5. The van der Waals surface area contributed by atoms with Gasteiger partial charge >= 0.3 is 0 Å². The molecule has 5 rings (SSSR count). The van der Waals surface area contributed by atoms with Gasteiger partial charge in [0.1, 0.15) is 0 Å². The van der Waals surface area contributed by atoms with Crippen LogP contribution in [0.2, 0.25) is 0 Å². The maximum absolute atomic E-state index is 13.8. The highest BCUT2D eigenvalue weighted by Gasteiger charge is 2.32. The number of carbonyl (C=O) groups excluding carboxylic acids is 1. The number of carbonyl (C=O) groups is 1. The van der Waals surface area contributed by atoms with E-state index in [2.05, 4.69) is 20.9 Å². The highest BCUT2D eigenvalue weighted by molar-refractivity contribution is 9.10. The molecule has 0 radical (unpaired) electrons. The van der Waals surface area contributed by atoms with Crippen LogP contribution >= 0.6 is 27.3 Å². The highest BCUT2D eigenvalue weighted by atomic mass is 79.9. The van der Waals surface area contributed by atoms with E-state index in [4.69, 9.17) is 4.98 Å². The first-order valence-corrected chi connectivity index (χ1v) is 15.3. The Hall–Kier alpha value is -2.66. The van der Waals surface area contributed by atoms with E-state index in [9.17, 15) is 13.2 Å². The molecule has 0 N–H and O–H groups in total. The van der Waals surface area contributed by atoms with Crippen molar-refractivity contribution in [2.24, 2.45) is 0 Å². The van der Waals surface area contributed by atoms with Gasteiger partial charge in [0, 0.05) is 35.0 Å². The molecular weight excluding hydrogens is 572 g/mol. The molecule has 192 valence electrons. The van der Waals surface area contributed by atoms with Gasteiger partial charge in [-0.05, 0) is 73.4 Å². The van der Waals surface area contributed by atoms with Gasteiger partial charge in [-0.3, -0.25) is 14.7 Å². The number of amides is 1. The Morgan fingerprint density at radius 1 is 1.16 bits per heavy atom. The molecule has 0 spiro atoms. The average Bonchev–Trinajstić information content (AvgIpc) is 3.35. The summed E-state index contributed by atoms with van der Waals surface area (Å²) in [7, 11) is -3.62. The van der Waals surface area contributed by atoms with Gasteiger partial charge in [-0.25, -0.2) is 13.4 Å². The van der Waals surface area contributed by atoms with Crippen molar-refractivity contribution in [2.75, 3.05) is 11.4 Å². The fourth-order valence-corrected chi connectivity index (χ4v) is 7.94. The van der Waals surface area contributed by atoms with Crippen LogP contribution in [0.15, 0.2) is 76.4 Å². The Balaban J connectivity index is 1.46. The summed E-state index contributed by atoms with van der Waals surface area (Å²) >= 11 is 4.93. The van der Waals surface area contributed by atoms with Crippen LogP contribution in [-0.2, 0) is 16.6 Å². The van der Waals surface area contributed by atoms with Gasteiger partial charge in [-0.1, -0.05) is 46.7 Å². The van der Waals surface area contributed by atoms with Gasteiger partial charge in [-0.2, -0.15) is 4.31 Å². The predicted octanol–water partition coefficient (Wildman–Crippen LogP) is 6.25. The number of aromatic nitrogens is 2. The monoisotopic (exact) mass is 598 g/mol. The van der Waals surface area contributed by atoms with Crippen molar-refractivity contribution >= 4 is 58.5 Å². The summed E-state index contributed by atoms with van der Waals surface area (Å²) in [5, 5.41) is 0.567. The molecule has 1 aliphatic heterocycles. The van der Waals surface area contributed by atoms with E-state index in [0.29, 0.717) is 23.8 Å². The number of pyridine rings is 1. The number of benzene rings is 2. The largest absolute Gasteiger partial charge is 0.279 e. The minimum atomic E-state index is -3.62. The molecule has 1 atom stereocenters. The molecule has 10 heteroatoms. The van der Waals surface area contributed by atoms with Gasteiger partial charge in [0.25, 0.3) is 5.91 Å². The van der Waals surface area contributed by atoms with Crippen molar-refractivity contribution in [1.82, 2.24) is 14.3 Å². The van der Waals surface area contributed by atoms with Gasteiger partial charge in [0.05, 0.1) is 21.7 Å². The average molecular weight is 600 g/mol. The van der Waals surface area contributed by atoms with Crippen LogP contribution in [0.3, 0.4) is 0 Å². The second-order valence-corrected chi connectivity index (χ2v) is 12.9. The number of thiazole rings is 1. The van der Waals surface area contributed by atoms with E-state index in [-0.39, 0.29) is 16.8 Å². The minimum Gasteiger partial charge on any atom is -0.279 e. The topological polar surface area (TPSA) is 83.5 Å². The third-order valence-corrected chi connectivity index (χ3v) is 10.1. The van der Waals surface area contributed by atoms with Crippen LogP contribution in [0.25, 0.3) is 10.2 Å². The van der Waals surface area contributed by atoms with E-state index in [1.165, 1.54) is 11.3 Å². The molecule has 0 saturated carbocycles. The fraction of sp³-hybridized carbons (Fsp3) is 0.296. The first kappa shape index (κ1) is 26.0. The van der Waals surface area contributed by atoms with Gasteiger partial charge in [0.15, 0.2) is 5.13 Å². The van der Waals surface area contributed by atoms with Gasteiger partial charge in [0.2, 0.25) is 10.0 Å². The number of halogens is 1. The van der Waals surface area contributed by atoms with Gasteiger partial charge < -0.3 is 0 Å². The lowest BCUT2D eigenvalue weighted by atomic mass is 10.0. The third-order valence-electron chi connectivity index (χ3n) is 6.63. The number of nitrogens with zero attached hydrogens (tertiary/aromatic N) is 4. The molecule has 0 aliphatic carbocycles. The molecule has 1 aliphatic rings. The first-order chi connectivity index (χ1) is 17.9. The third kappa shape index (κ3) is 5.47. The smallest absolute Gasteiger partial charge is 0.260 e. The molecule has 0 bridgehead atoms. The Morgan fingerprint density at radius 2 is 1.97 bits per heavy atom. The standard InChI is InChI=1S/C27H27BrN4O3S2/c1-2-22-7-3-4-15-32(22)37(34,35)23-11-8-20(9-12-23)26(33)31(18-19-6-5-14-29-17-19)27-30-24-13-10-21(28)16-25(24)36-27/h5-6,8-14,16-17,22H,2-4,7,15,18H2,1H3. The second kappa shape index (κ2) is 11.0. The molecule has 3 heterocycles. The van der Waals surface area contributed by atoms with Crippen LogP contribution in [-0.4, -0.2) is 41.2 Å². The van der Waals surface area contributed by atoms with Crippen LogP contribution in [0.1, 0.15) is 48.5 Å². The maximum Gasteiger partial charge on any atom is 0.260 e. The molecule has 2 aromatic heterocycles. The summed E-state index contributed by atoms with van der Waals surface area (Å²) in [6.07, 6.45) is 7.01. The Bertz CT molecular complexity index is 1510. The molecule has 4 aromatic rings. The van der Waals surface area contributed by atoms with Crippen molar-refractivity contribution < 1.29 is 13.2 Å². The van der Waals surface area contributed by atoms with Crippen LogP contribution in [0, 0.1) is 0 Å². The molecular formula is C27H27BrN4O3S2. The molecule has 1 fully saturated rings. The van der Waals surface area contributed by atoms with Crippen molar-refractivity contribution in [3.8, 4) is 0 Å². The van der Waals surface area contributed by atoms with Crippen LogP contribution < -0.4 is 4.90 Å². The number of fused-ring (bicyclic) bond motifs is 1. The quantitative estimate of drug-likeness (QED) is 0.251. The predicted molar refractivity (Wildman–Crippen MR) is 150 cm³/mol. The fourth-order valence-electron chi connectivity index (χ4n) is 4.66. The first-order valence-electron chi connectivity index (χ1n) is 12.3. The Morgan fingerprint density at radius 3 is 2.70 bits per heavy atom. The molecule has 1 saturated heterocycles. The normalized spacial score (nSPS) is 16.6. The maximum atomic E-state index is 13.8. The zero-order valence-corrected chi connectivity index (χ0v) is 23.6. The lowest BCUT2D eigenvalue weighted by Crippen LogP contribution is -2.43. The number of anilines is 1. The molecule has 37 heavy (non-hydrogen) atoms. The van der Waals surface area contributed by atoms with Crippen molar-refractivity contribution in [2.45, 2.75) is 50.1 Å². The van der Waals surface area contributed by atoms with E-state index in [0.717, 1.165) is 45.9 Å². The highest BCUT2D eigenvalue weighted by Crippen LogP contribution is 2.33. The molecule has 1 amide bonds. The lowest BCUT2D eigenvalue weighted by Gasteiger charge is -2.34. The van der Waals surface area contributed by atoms with E-state index in [1.807, 2.05) is 37.3 Å². The Kier molecular flexibility index (Phi) is 7.71. The molecule has 7 nitrogen and oxygen atoms in total. The van der Waals surface area contributed by atoms with Crippen LogP contribution in [0.4, 0.5) is 5.13 Å². The Labute approximate surface area is 229 Å². The van der Waals surface area contributed by atoms with Crippen LogP contribution in [0.5, 0.6) is 0 Å². The molecule has 2 aromatic carbocycles. The zero-order chi connectivity index (χ0) is 26.0. The number of hydrogen-bond acceptors (Lipinski definition) is 6. The number of hydrogen-bond donors (Lipinski definition) is 0. The lowest BCUT2D eigenvalue weighted by molar-refractivity contribution is 0.0985. The minimum absolute atomic E-state index is 0.0223. The summed E-state index contributed by atoms with van der Waals surface area (Å²) < 4.78 is 30.3. The van der Waals surface area contributed by atoms with E-state index < -0.39 is 10.0 Å². The summed E-state index contributed by atoms with van der Waals surface area (Å²) in [6, 6.07) is 15.9. The zero-order valence-electron chi connectivity index (χ0n) is 20.4. The summed E-state index contributed by atoms with van der Waals surface area (Å²) in [6.45, 7) is 2.85. The second-order valence-electron chi connectivity index (χ2n) is 9.06. The number of piperidine rings is 1. The SMILES string of the molecule is CCC1CCCCN1S(=O)(=O)c1ccc(C(=O)N(Cc2cccnc2)c2nc3ccc(Br)cc3s2)cc1. The van der Waals surface area contributed by atoms with E-state index in [1.54, 1.807) is 45.9 Å². The summed E-state index contributed by atoms with van der Waals surface area (Å²) in [5.41, 5.74) is 2.07. The van der Waals surface area contributed by atoms with Crippen molar-refractivity contribution in [1.29, 1.82) is 0 Å². The van der Waals surface area contributed by atoms with Crippen molar-refractivity contribution in [3.05, 3.63) is 82.6 Å². The van der Waals surface area contributed by atoms with Crippen molar-refractivity contribution in [3.63, 3.8) is 0 Å². The number of sulfonamides is 1. The van der Waals surface area contributed by atoms with Gasteiger partial charge in [-0.15, -0.1) is 0 Å².